The number of rotatable bonds is 1. The van der Waals surface area contributed by atoms with Crippen LogP contribution in [-0.4, -0.2) is 31.9 Å². The molecule has 102 valence electrons. The van der Waals surface area contributed by atoms with E-state index in [0.29, 0.717) is 15.7 Å². The molecule has 0 unspecified atom stereocenters. The van der Waals surface area contributed by atoms with Crippen LogP contribution in [0.5, 0.6) is 0 Å². The van der Waals surface area contributed by atoms with Crippen LogP contribution in [-0.2, 0) is 14.6 Å². The van der Waals surface area contributed by atoms with Crippen molar-refractivity contribution in [3.8, 4) is 0 Å². The quantitative estimate of drug-likeness (QED) is 0.797. The lowest BCUT2D eigenvalue weighted by Crippen LogP contribution is -2.36. The van der Waals surface area contributed by atoms with Gasteiger partial charge in [-0.1, -0.05) is 23.2 Å². The number of sulfone groups is 1. The Kier molecular flexibility index (Phi) is 3.04. The fraction of sp³-hybridized carbons (Fsp3) is 0.417. The second-order valence-corrected chi connectivity index (χ2v) is 7.97. The number of anilines is 1. The Labute approximate surface area is 121 Å². The summed E-state index contributed by atoms with van der Waals surface area (Å²) in [5, 5.41) is 0.874. The Bertz CT molecular complexity index is 659. The normalized spacial score (nSPS) is 28.7. The second-order valence-electron chi connectivity index (χ2n) is 4.97. The van der Waals surface area contributed by atoms with Crippen molar-refractivity contribution in [2.45, 2.75) is 12.5 Å². The van der Waals surface area contributed by atoms with Gasteiger partial charge in [0.05, 0.1) is 28.3 Å². The van der Waals surface area contributed by atoms with Gasteiger partial charge in [0, 0.05) is 17.4 Å². The fourth-order valence-electron chi connectivity index (χ4n) is 2.87. The first-order chi connectivity index (χ1) is 8.87. The third-order valence-electron chi connectivity index (χ3n) is 3.64. The largest absolute Gasteiger partial charge is 0.306 e. The predicted molar refractivity (Wildman–Crippen MR) is 74.5 cm³/mol. The highest BCUT2D eigenvalue weighted by Crippen LogP contribution is 2.40. The Morgan fingerprint density at radius 1 is 1.21 bits per heavy atom. The van der Waals surface area contributed by atoms with E-state index in [4.69, 9.17) is 23.2 Å². The smallest absolute Gasteiger partial charge is 0.227 e. The molecule has 0 N–H and O–H groups in total. The first kappa shape index (κ1) is 13.2. The highest BCUT2D eigenvalue weighted by molar-refractivity contribution is 7.91. The average Bonchev–Trinajstić information content (AvgIpc) is 2.73. The van der Waals surface area contributed by atoms with E-state index in [9.17, 15) is 13.2 Å². The molecule has 0 aromatic heterocycles. The highest BCUT2D eigenvalue weighted by Gasteiger charge is 2.49. The molecule has 2 saturated heterocycles. The molecule has 1 aromatic carbocycles. The molecule has 2 aliphatic rings. The topological polar surface area (TPSA) is 54.5 Å². The van der Waals surface area contributed by atoms with Crippen LogP contribution in [0.4, 0.5) is 5.69 Å². The number of hydrogen-bond acceptors (Lipinski definition) is 3. The third kappa shape index (κ3) is 2.24. The van der Waals surface area contributed by atoms with Gasteiger partial charge < -0.3 is 4.90 Å². The molecule has 2 atom stereocenters. The van der Waals surface area contributed by atoms with Gasteiger partial charge in [0.1, 0.15) is 0 Å². The zero-order chi connectivity index (χ0) is 13.8. The minimum absolute atomic E-state index is 0.00620. The van der Waals surface area contributed by atoms with E-state index in [1.54, 1.807) is 18.2 Å². The van der Waals surface area contributed by atoms with Crippen molar-refractivity contribution in [3.63, 3.8) is 0 Å². The summed E-state index contributed by atoms with van der Waals surface area (Å²) in [6.45, 7) is 0. The van der Waals surface area contributed by atoms with Gasteiger partial charge in [0.25, 0.3) is 0 Å². The lowest BCUT2D eigenvalue weighted by atomic mass is 10.0. The summed E-state index contributed by atoms with van der Waals surface area (Å²) >= 11 is 12.0. The molecular weight excluding hydrogens is 309 g/mol. The first-order valence-corrected chi connectivity index (χ1v) is 8.43. The molecule has 0 spiro atoms. The second kappa shape index (κ2) is 4.36. The SMILES string of the molecule is O=C1C[C@H]2CS(=O)(=O)C[C@H]2N1c1cc(Cl)ccc1Cl. The van der Waals surface area contributed by atoms with Crippen LogP contribution in [0.1, 0.15) is 6.42 Å². The van der Waals surface area contributed by atoms with E-state index in [1.807, 2.05) is 0 Å². The maximum atomic E-state index is 12.1. The summed E-state index contributed by atoms with van der Waals surface area (Å²) < 4.78 is 23.4. The molecule has 2 heterocycles. The standard InChI is InChI=1S/C12H11Cl2NO3S/c13-8-1-2-9(14)10(4-8)15-11-6-19(17,18)5-7(11)3-12(15)16/h1-2,4,7,11H,3,5-6H2/t7-,11+/m0/s1. The minimum atomic E-state index is -3.06. The van der Waals surface area contributed by atoms with Gasteiger partial charge in [-0.05, 0) is 18.2 Å². The van der Waals surface area contributed by atoms with Crippen molar-refractivity contribution >= 4 is 44.6 Å². The van der Waals surface area contributed by atoms with Gasteiger partial charge in [-0.2, -0.15) is 0 Å². The van der Waals surface area contributed by atoms with Gasteiger partial charge in [-0.15, -0.1) is 0 Å². The third-order valence-corrected chi connectivity index (χ3v) is 5.98. The number of nitrogens with zero attached hydrogens (tertiary/aromatic N) is 1. The van der Waals surface area contributed by atoms with E-state index < -0.39 is 9.84 Å². The number of amides is 1. The number of halogens is 2. The predicted octanol–water partition coefficient (Wildman–Crippen LogP) is 2.14. The molecule has 2 aliphatic heterocycles. The van der Waals surface area contributed by atoms with Crippen LogP contribution in [0, 0.1) is 5.92 Å². The lowest BCUT2D eigenvalue weighted by molar-refractivity contribution is -0.117. The molecule has 0 aliphatic carbocycles. The van der Waals surface area contributed by atoms with E-state index in [-0.39, 0.29) is 35.8 Å². The molecule has 7 heteroatoms. The van der Waals surface area contributed by atoms with Crippen molar-refractivity contribution in [1.29, 1.82) is 0 Å². The van der Waals surface area contributed by atoms with Gasteiger partial charge in [-0.3, -0.25) is 4.79 Å². The van der Waals surface area contributed by atoms with Crippen LogP contribution in [0.2, 0.25) is 10.0 Å². The minimum Gasteiger partial charge on any atom is -0.306 e. The summed E-state index contributed by atoms with van der Waals surface area (Å²) in [4.78, 5) is 13.6. The van der Waals surface area contributed by atoms with Crippen LogP contribution in [0.3, 0.4) is 0 Å². The zero-order valence-electron chi connectivity index (χ0n) is 9.84. The molecule has 3 rings (SSSR count). The van der Waals surface area contributed by atoms with Gasteiger partial charge in [-0.25, -0.2) is 8.42 Å². The zero-order valence-corrected chi connectivity index (χ0v) is 12.2. The highest BCUT2D eigenvalue weighted by atomic mass is 35.5. The van der Waals surface area contributed by atoms with E-state index in [0.717, 1.165) is 0 Å². The number of fused-ring (bicyclic) bond motifs is 1. The van der Waals surface area contributed by atoms with Gasteiger partial charge >= 0.3 is 0 Å². The summed E-state index contributed by atoms with van der Waals surface area (Å²) in [6, 6.07) is 4.54. The van der Waals surface area contributed by atoms with Crippen LogP contribution in [0.25, 0.3) is 0 Å². The summed E-state index contributed by atoms with van der Waals surface area (Å²) in [5.74, 6) is -0.133. The Morgan fingerprint density at radius 3 is 2.68 bits per heavy atom. The van der Waals surface area contributed by atoms with Crippen molar-refractivity contribution in [2.75, 3.05) is 16.4 Å². The maximum absolute atomic E-state index is 12.1. The summed E-state index contributed by atoms with van der Waals surface area (Å²) in [7, 11) is -3.06. The van der Waals surface area contributed by atoms with Gasteiger partial charge in [0.15, 0.2) is 9.84 Å². The lowest BCUT2D eigenvalue weighted by Gasteiger charge is -2.24. The molecular formula is C12H11Cl2NO3S. The molecule has 4 nitrogen and oxygen atoms in total. The number of carbonyl (C=O) groups is 1. The Balaban J connectivity index is 2.04. The van der Waals surface area contributed by atoms with E-state index in [2.05, 4.69) is 0 Å². The molecule has 2 fully saturated rings. The summed E-state index contributed by atoms with van der Waals surface area (Å²) in [5.41, 5.74) is 0.503. The van der Waals surface area contributed by atoms with Crippen molar-refractivity contribution in [3.05, 3.63) is 28.2 Å². The van der Waals surface area contributed by atoms with Gasteiger partial charge in [0.2, 0.25) is 5.91 Å². The first-order valence-electron chi connectivity index (χ1n) is 5.85. The van der Waals surface area contributed by atoms with Crippen molar-refractivity contribution < 1.29 is 13.2 Å². The van der Waals surface area contributed by atoms with Crippen LogP contribution in [0.15, 0.2) is 18.2 Å². The monoisotopic (exact) mass is 319 g/mol. The average molecular weight is 320 g/mol. The van der Waals surface area contributed by atoms with Crippen LogP contribution >= 0.6 is 23.2 Å². The number of carbonyl (C=O) groups excluding carboxylic acids is 1. The molecule has 0 saturated carbocycles. The van der Waals surface area contributed by atoms with E-state index in [1.165, 1.54) is 4.90 Å². The molecule has 19 heavy (non-hydrogen) atoms. The fourth-order valence-corrected chi connectivity index (χ4v) is 5.32. The Morgan fingerprint density at radius 2 is 1.95 bits per heavy atom. The van der Waals surface area contributed by atoms with Crippen LogP contribution < -0.4 is 4.90 Å². The number of benzene rings is 1. The van der Waals surface area contributed by atoms with Crippen molar-refractivity contribution in [1.82, 2.24) is 0 Å². The Hall–Kier alpha value is -0.780. The molecule has 0 radical (unpaired) electrons. The molecule has 1 aromatic rings. The maximum Gasteiger partial charge on any atom is 0.227 e. The number of hydrogen-bond donors (Lipinski definition) is 0. The summed E-state index contributed by atoms with van der Waals surface area (Å²) in [6.07, 6.45) is 0.257. The molecule has 0 bridgehead atoms. The molecule has 1 amide bonds. The van der Waals surface area contributed by atoms with Crippen molar-refractivity contribution in [2.24, 2.45) is 5.92 Å². The van der Waals surface area contributed by atoms with E-state index >= 15 is 0 Å².